The Kier molecular flexibility index (Phi) is 10.8. The number of amides is 2. The average molecular weight is 777 g/mol. The Hall–Kier alpha value is -5.08. The number of carbonyl (C=O) groups excluding carboxylic acids is 3. The smallest absolute Gasteiger partial charge is 0.322 e. The molecule has 3 heterocycles. The topological polar surface area (TPSA) is 90.7 Å². The van der Waals surface area contributed by atoms with Crippen molar-refractivity contribution in [2.75, 3.05) is 18.1 Å². The lowest BCUT2D eigenvalue weighted by molar-refractivity contribution is -0.145. The Morgan fingerprint density at radius 2 is 1.39 bits per heavy atom. The molecule has 2 aromatic heterocycles. The SMILES string of the molecule is CC1=C(C#N)C(=O)N(CCCOC(=O)C(C)(C)Br)C(=O)C1=Cc1ccc(-c2ccc(-c3ccc(N(c4ccccc4)c4ccccc4)cc3)s2)s1. The zero-order valence-electron chi connectivity index (χ0n) is 28.3. The van der Waals surface area contributed by atoms with Gasteiger partial charge in [0, 0.05) is 48.7 Å². The largest absolute Gasteiger partial charge is 0.465 e. The standard InChI is InChI=1S/C41H34BrN3O4S2/c1-27-33(38(46)44(39(47)34(27)26-43)23-10-24-49-40(48)41(2,3)42)25-32-19-20-36(50-32)37-22-21-35(51-37)28-15-17-31(18-16-28)45(29-11-6-4-7-12-29)30-13-8-5-9-14-30/h4-9,11-22,25H,10,23-24H2,1-3H3. The van der Waals surface area contributed by atoms with Crippen molar-refractivity contribution in [2.45, 2.75) is 31.5 Å². The molecule has 51 heavy (non-hydrogen) atoms. The van der Waals surface area contributed by atoms with E-state index in [0.717, 1.165) is 47.0 Å². The fourth-order valence-corrected chi connectivity index (χ4v) is 7.77. The summed E-state index contributed by atoms with van der Waals surface area (Å²) in [6, 6.07) is 39.3. The van der Waals surface area contributed by atoms with E-state index in [1.54, 1.807) is 38.2 Å². The summed E-state index contributed by atoms with van der Waals surface area (Å²) in [6.45, 7) is 5.04. The van der Waals surface area contributed by atoms with Crippen molar-refractivity contribution in [3.05, 3.63) is 131 Å². The van der Waals surface area contributed by atoms with Crippen LogP contribution in [0.1, 0.15) is 32.1 Å². The van der Waals surface area contributed by atoms with E-state index in [9.17, 15) is 19.6 Å². The van der Waals surface area contributed by atoms with Gasteiger partial charge < -0.3 is 9.64 Å². The highest BCUT2D eigenvalue weighted by Gasteiger charge is 2.35. The summed E-state index contributed by atoms with van der Waals surface area (Å²) >= 11 is 6.49. The molecule has 5 aromatic rings. The molecule has 2 amide bonds. The molecule has 0 aliphatic carbocycles. The fraction of sp³-hybridized carbons (Fsp3) is 0.171. The molecular weight excluding hydrogens is 743 g/mol. The summed E-state index contributed by atoms with van der Waals surface area (Å²) in [7, 11) is 0. The number of nitriles is 1. The number of imide groups is 1. The number of thiophene rings is 2. The van der Waals surface area contributed by atoms with Crippen LogP contribution < -0.4 is 4.90 Å². The van der Waals surface area contributed by atoms with Gasteiger partial charge in [-0.05, 0) is 105 Å². The Bertz CT molecular complexity index is 2130. The first-order valence-electron chi connectivity index (χ1n) is 16.3. The molecule has 0 saturated carbocycles. The Morgan fingerprint density at radius 3 is 2.00 bits per heavy atom. The van der Waals surface area contributed by atoms with Crippen LogP contribution in [0, 0.1) is 11.3 Å². The Labute approximate surface area is 313 Å². The monoisotopic (exact) mass is 775 g/mol. The zero-order chi connectivity index (χ0) is 36.1. The van der Waals surface area contributed by atoms with Crippen LogP contribution in [0.2, 0.25) is 0 Å². The van der Waals surface area contributed by atoms with Gasteiger partial charge in [0.1, 0.15) is 16.0 Å². The number of benzene rings is 3. The highest BCUT2D eigenvalue weighted by Crippen LogP contribution is 2.40. The maximum atomic E-state index is 13.5. The van der Waals surface area contributed by atoms with Gasteiger partial charge in [0.15, 0.2) is 0 Å². The van der Waals surface area contributed by atoms with E-state index in [1.807, 2.05) is 54.6 Å². The lowest BCUT2D eigenvalue weighted by atomic mass is 9.94. The summed E-state index contributed by atoms with van der Waals surface area (Å²) in [5, 5.41) is 9.78. The molecule has 1 aliphatic rings. The lowest BCUT2D eigenvalue weighted by Gasteiger charge is -2.27. The van der Waals surface area contributed by atoms with Gasteiger partial charge in [0.25, 0.3) is 11.8 Å². The molecule has 10 heteroatoms. The molecule has 0 unspecified atom stereocenters. The average Bonchev–Trinajstić information content (AvgIpc) is 3.81. The second-order valence-corrected chi connectivity index (χ2v) is 16.5. The third kappa shape index (κ3) is 7.97. The number of anilines is 3. The van der Waals surface area contributed by atoms with Gasteiger partial charge in [0.2, 0.25) is 0 Å². The number of nitrogens with zero attached hydrogens (tertiary/aromatic N) is 3. The highest BCUT2D eigenvalue weighted by molar-refractivity contribution is 9.10. The third-order valence-corrected chi connectivity index (χ3v) is 11.0. The van der Waals surface area contributed by atoms with Gasteiger partial charge in [-0.1, -0.05) is 64.5 Å². The molecule has 7 nitrogen and oxygen atoms in total. The molecule has 0 bridgehead atoms. The van der Waals surface area contributed by atoms with E-state index in [4.69, 9.17) is 4.74 Å². The van der Waals surface area contributed by atoms with Crippen molar-refractivity contribution in [1.29, 1.82) is 5.26 Å². The van der Waals surface area contributed by atoms with E-state index in [0.29, 0.717) is 11.1 Å². The number of para-hydroxylation sites is 2. The number of carbonyl (C=O) groups is 3. The quantitative estimate of drug-likeness (QED) is 0.0436. The third-order valence-electron chi connectivity index (χ3n) is 8.27. The van der Waals surface area contributed by atoms with E-state index < -0.39 is 22.1 Å². The van der Waals surface area contributed by atoms with Gasteiger partial charge in [-0.3, -0.25) is 19.3 Å². The maximum absolute atomic E-state index is 13.5. The van der Waals surface area contributed by atoms with E-state index in [-0.39, 0.29) is 25.1 Å². The Balaban J connectivity index is 1.19. The van der Waals surface area contributed by atoms with Crippen LogP contribution >= 0.6 is 38.6 Å². The van der Waals surface area contributed by atoms with E-state index in [1.165, 1.54) is 11.3 Å². The first kappa shape index (κ1) is 35.7. The van der Waals surface area contributed by atoms with Gasteiger partial charge >= 0.3 is 5.97 Å². The lowest BCUT2D eigenvalue weighted by Crippen LogP contribution is -2.43. The number of rotatable bonds is 11. The molecule has 0 spiro atoms. The van der Waals surface area contributed by atoms with Gasteiger partial charge in [-0.15, -0.1) is 22.7 Å². The number of ether oxygens (including phenoxy) is 1. The summed E-state index contributed by atoms with van der Waals surface area (Å²) in [5.74, 6) is -1.55. The Morgan fingerprint density at radius 1 is 0.824 bits per heavy atom. The highest BCUT2D eigenvalue weighted by atomic mass is 79.9. The summed E-state index contributed by atoms with van der Waals surface area (Å²) in [4.78, 5) is 46.0. The number of hydrogen-bond donors (Lipinski definition) is 0. The molecule has 0 fully saturated rings. The van der Waals surface area contributed by atoms with Crippen LogP contribution in [0.15, 0.2) is 126 Å². The molecule has 0 radical (unpaired) electrons. The van der Waals surface area contributed by atoms with Crippen molar-refractivity contribution in [1.82, 2.24) is 4.90 Å². The molecule has 0 N–H and O–H groups in total. The number of alkyl halides is 1. The summed E-state index contributed by atoms with van der Waals surface area (Å²) in [6.07, 6.45) is 2.00. The molecule has 256 valence electrons. The minimum absolute atomic E-state index is 0.0225. The number of hydrogen-bond acceptors (Lipinski definition) is 8. The van der Waals surface area contributed by atoms with Crippen molar-refractivity contribution in [3.63, 3.8) is 0 Å². The van der Waals surface area contributed by atoms with Crippen LogP contribution in [-0.4, -0.2) is 40.2 Å². The van der Waals surface area contributed by atoms with Crippen LogP contribution in [0.4, 0.5) is 17.1 Å². The van der Waals surface area contributed by atoms with Crippen molar-refractivity contribution in [2.24, 2.45) is 0 Å². The number of halogens is 1. The van der Waals surface area contributed by atoms with Gasteiger partial charge in [-0.25, -0.2) is 0 Å². The first-order chi connectivity index (χ1) is 24.5. The molecule has 6 rings (SSSR count). The predicted molar refractivity (Wildman–Crippen MR) is 209 cm³/mol. The van der Waals surface area contributed by atoms with E-state index >= 15 is 0 Å². The van der Waals surface area contributed by atoms with Gasteiger partial charge in [0.05, 0.1) is 6.61 Å². The summed E-state index contributed by atoms with van der Waals surface area (Å²) in [5.41, 5.74) is 4.92. The first-order valence-corrected chi connectivity index (χ1v) is 18.7. The molecule has 0 atom stereocenters. The van der Waals surface area contributed by atoms with Gasteiger partial charge in [-0.2, -0.15) is 5.26 Å². The van der Waals surface area contributed by atoms with Crippen LogP contribution in [0.25, 0.3) is 26.3 Å². The van der Waals surface area contributed by atoms with Crippen LogP contribution in [0.3, 0.4) is 0 Å². The maximum Gasteiger partial charge on any atom is 0.322 e. The molecule has 1 aliphatic heterocycles. The molecule has 3 aromatic carbocycles. The van der Waals surface area contributed by atoms with Crippen LogP contribution in [0.5, 0.6) is 0 Å². The van der Waals surface area contributed by atoms with Crippen molar-refractivity contribution < 1.29 is 19.1 Å². The molecular formula is C41H34BrN3O4S2. The minimum atomic E-state index is -0.836. The van der Waals surface area contributed by atoms with Crippen LogP contribution in [-0.2, 0) is 19.1 Å². The normalized spacial score (nSPS) is 14.2. The minimum Gasteiger partial charge on any atom is -0.465 e. The predicted octanol–water partition coefficient (Wildman–Crippen LogP) is 10.3. The fourth-order valence-electron chi connectivity index (χ4n) is 5.60. The second-order valence-electron chi connectivity index (χ2n) is 12.3. The summed E-state index contributed by atoms with van der Waals surface area (Å²) < 4.78 is 4.43. The zero-order valence-corrected chi connectivity index (χ0v) is 31.5. The molecule has 0 saturated heterocycles. The van der Waals surface area contributed by atoms with Crippen molar-refractivity contribution >= 4 is 79.5 Å². The van der Waals surface area contributed by atoms with Crippen molar-refractivity contribution in [3.8, 4) is 26.3 Å². The number of esters is 1. The van der Waals surface area contributed by atoms with E-state index in [2.05, 4.69) is 81.5 Å². The second kappa shape index (κ2) is 15.4.